The van der Waals surface area contributed by atoms with Gasteiger partial charge in [0.1, 0.15) is 18.7 Å². The van der Waals surface area contributed by atoms with Gasteiger partial charge in [0, 0.05) is 11.1 Å². The first-order chi connectivity index (χ1) is 14.2. The molecule has 4 rings (SSSR count). The van der Waals surface area contributed by atoms with Crippen molar-refractivity contribution in [3.63, 3.8) is 0 Å². The monoisotopic (exact) mass is 432 g/mol. The minimum Gasteiger partial charge on any atom is -0.492 e. The van der Waals surface area contributed by atoms with E-state index in [1.54, 1.807) is 35.2 Å². The number of carbonyl (C=O) groups is 1. The van der Waals surface area contributed by atoms with Crippen LogP contribution < -0.4 is 19.5 Å². The van der Waals surface area contributed by atoms with Crippen LogP contribution in [0, 0.1) is 0 Å². The van der Waals surface area contributed by atoms with Gasteiger partial charge in [0.2, 0.25) is 12.7 Å². The van der Waals surface area contributed by atoms with Crippen molar-refractivity contribution in [1.82, 2.24) is 20.1 Å². The molecule has 3 aromatic rings. The molecular formula is C19H17ClN4O4S. The van der Waals surface area contributed by atoms with Crippen LogP contribution in [0.1, 0.15) is 0 Å². The number of hydrogen-bond acceptors (Lipinski definition) is 7. The van der Waals surface area contributed by atoms with E-state index >= 15 is 0 Å². The van der Waals surface area contributed by atoms with E-state index in [1.807, 2.05) is 18.2 Å². The Hall–Kier alpha value is -2.91. The second-order valence-electron chi connectivity index (χ2n) is 5.97. The summed E-state index contributed by atoms with van der Waals surface area (Å²) >= 11 is 7.33. The molecule has 0 bridgehead atoms. The number of halogens is 1. The molecule has 0 saturated heterocycles. The fourth-order valence-corrected chi connectivity index (χ4v) is 3.58. The van der Waals surface area contributed by atoms with Crippen LogP contribution in [0.5, 0.6) is 17.2 Å². The van der Waals surface area contributed by atoms with E-state index < -0.39 is 0 Å². The zero-order chi connectivity index (χ0) is 20.1. The van der Waals surface area contributed by atoms with Crippen LogP contribution in [0.3, 0.4) is 0 Å². The minimum absolute atomic E-state index is 0.120. The molecule has 2 aromatic carbocycles. The Balaban J connectivity index is 1.21. The summed E-state index contributed by atoms with van der Waals surface area (Å²) in [4.78, 5) is 12.1. The van der Waals surface area contributed by atoms with E-state index in [0.29, 0.717) is 40.6 Å². The molecule has 0 unspecified atom stereocenters. The number of amides is 1. The summed E-state index contributed by atoms with van der Waals surface area (Å²) in [5, 5.41) is 12.0. The van der Waals surface area contributed by atoms with Crippen LogP contribution >= 0.6 is 23.4 Å². The summed E-state index contributed by atoms with van der Waals surface area (Å²) in [5.74, 6) is 2.11. The molecule has 0 atom stereocenters. The number of aromatic nitrogens is 3. The van der Waals surface area contributed by atoms with Crippen molar-refractivity contribution in [2.75, 3.05) is 25.7 Å². The number of ether oxygens (including phenoxy) is 3. The van der Waals surface area contributed by atoms with Crippen LogP contribution in [-0.2, 0) is 4.79 Å². The smallest absolute Gasteiger partial charge is 0.231 e. The molecule has 150 valence electrons. The summed E-state index contributed by atoms with van der Waals surface area (Å²) < 4.78 is 18.0. The lowest BCUT2D eigenvalue weighted by Crippen LogP contribution is -2.29. The summed E-state index contributed by atoms with van der Waals surface area (Å²) in [6, 6.07) is 12.7. The first-order valence-corrected chi connectivity index (χ1v) is 10.1. The van der Waals surface area contributed by atoms with Gasteiger partial charge in [-0.15, -0.1) is 10.2 Å². The van der Waals surface area contributed by atoms with Gasteiger partial charge in [-0.05, 0) is 30.3 Å². The quantitative estimate of drug-likeness (QED) is 0.432. The lowest BCUT2D eigenvalue weighted by molar-refractivity contribution is -0.118. The molecule has 1 aromatic heterocycles. The first kappa shape index (κ1) is 19.4. The number of thioether (sulfide) groups is 1. The first-order valence-electron chi connectivity index (χ1n) is 8.77. The zero-order valence-corrected chi connectivity index (χ0v) is 16.8. The molecule has 0 aliphatic carbocycles. The number of carbonyl (C=O) groups excluding carboxylic acids is 1. The molecule has 1 N–H and O–H groups in total. The van der Waals surface area contributed by atoms with Crippen molar-refractivity contribution < 1.29 is 19.0 Å². The van der Waals surface area contributed by atoms with Gasteiger partial charge in [0.15, 0.2) is 16.7 Å². The van der Waals surface area contributed by atoms with Crippen molar-refractivity contribution in [1.29, 1.82) is 0 Å². The summed E-state index contributed by atoms with van der Waals surface area (Å²) in [6.45, 7) is 0.946. The standard InChI is InChI=1S/C19H17ClN4O4S/c20-13-2-1-3-14(8-13)24-11-22-23-19(24)29-10-18(25)21-6-7-26-15-4-5-16-17(9-15)28-12-27-16/h1-5,8-9,11H,6-7,10,12H2,(H,21,25). The number of benzene rings is 2. The van der Waals surface area contributed by atoms with Crippen molar-refractivity contribution in [2.45, 2.75) is 5.16 Å². The SMILES string of the molecule is O=C(CSc1nncn1-c1cccc(Cl)c1)NCCOc1ccc2c(c1)OCO2. The molecule has 29 heavy (non-hydrogen) atoms. The van der Waals surface area contributed by atoms with Crippen molar-refractivity contribution in [2.24, 2.45) is 0 Å². The van der Waals surface area contributed by atoms with Gasteiger partial charge in [-0.25, -0.2) is 0 Å². The summed E-state index contributed by atoms with van der Waals surface area (Å²) in [7, 11) is 0. The molecule has 1 amide bonds. The van der Waals surface area contributed by atoms with Crippen LogP contribution in [0.15, 0.2) is 53.9 Å². The van der Waals surface area contributed by atoms with Gasteiger partial charge < -0.3 is 19.5 Å². The number of rotatable bonds is 8. The van der Waals surface area contributed by atoms with E-state index in [1.165, 1.54) is 11.8 Å². The van der Waals surface area contributed by atoms with Crippen molar-refractivity contribution in [3.8, 4) is 22.9 Å². The highest BCUT2D eigenvalue weighted by molar-refractivity contribution is 7.99. The molecule has 0 fully saturated rings. The fraction of sp³-hybridized carbons (Fsp3) is 0.211. The zero-order valence-electron chi connectivity index (χ0n) is 15.2. The second kappa shape index (κ2) is 9.06. The van der Waals surface area contributed by atoms with Gasteiger partial charge in [-0.1, -0.05) is 29.4 Å². The normalized spacial score (nSPS) is 12.0. The minimum atomic E-state index is -0.120. The molecule has 1 aliphatic rings. The lowest BCUT2D eigenvalue weighted by atomic mass is 10.3. The van der Waals surface area contributed by atoms with Crippen LogP contribution in [0.2, 0.25) is 5.02 Å². The van der Waals surface area contributed by atoms with E-state index in [-0.39, 0.29) is 18.5 Å². The number of hydrogen-bond donors (Lipinski definition) is 1. The highest BCUT2D eigenvalue weighted by Gasteiger charge is 2.14. The Morgan fingerprint density at radius 2 is 2.14 bits per heavy atom. The Morgan fingerprint density at radius 1 is 1.24 bits per heavy atom. The molecule has 10 heteroatoms. The molecule has 0 saturated carbocycles. The second-order valence-corrected chi connectivity index (χ2v) is 7.34. The number of nitrogens with zero attached hydrogens (tertiary/aromatic N) is 3. The molecule has 8 nitrogen and oxygen atoms in total. The van der Waals surface area contributed by atoms with Gasteiger partial charge in [-0.3, -0.25) is 9.36 Å². The Labute approximate surface area is 176 Å². The molecule has 0 spiro atoms. The van der Waals surface area contributed by atoms with E-state index in [2.05, 4.69) is 15.5 Å². The fourth-order valence-electron chi connectivity index (χ4n) is 2.63. The number of fused-ring (bicyclic) bond motifs is 1. The van der Waals surface area contributed by atoms with Gasteiger partial charge in [-0.2, -0.15) is 0 Å². The van der Waals surface area contributed by atoms with Gasteiger partial charge >= 0.3 is 0 Å². The van der Waals surface area contributed by atoms with E-state index in [4.69, 9.17) is 25.8 Å². The predicted molar refractivity (Wildman–Crippen MR) is 108 cm³/mol. The average molecular weight is 433 g/mol. The van der Waals surface area contributed by atoms with E-state index in [9.17, 15) is 4.79 Å². The lowest BCUT2D eigenvalue weighted by Gasteiger charge is -2.09. The molecular weight excluding hydrogens is 416 g/mol. The predicted octanol–water partition coefficient (Wildman–Crippen LogP) is 2.94. The topological polar surface area (TPSA) is 87.5 Å². The van der Waals surface area contributed by atoms with Crippen molar-refractivity contribution >= 4 is 29.3 Å². The number of nitrogens with one attached hydrogen (secondary N) is 1. The van der Waals surface area contributed by atoms with Crippen LogP contribution in [0.4, 0.5) is 0 Å². The highest BCUT2D eigenvalue weighted by atomic mass is 35.5. The van der Waals surface area contributed by atoms with Gasteiger partial charge in [0.05, 0.1) is 18.0 Å². The molecule has 1 aliphatic heterocycles. The molecule has 0 radical (unpaired) electrons. The maximum Gasteiger partial charge on any atom is 0.231 e. The Kier molecular flexibility index (Phi) is 6.06. The summed E-state index contributed by atoms with van der Waals surface area (Å²) in [6.07, 6.45) is 1.59. The third-order valence-electron chi connectivity index (χ3n) is 3.97. The third-order valence-corrected chi connectivity index (χ3v) is 5.15. The van der Waals surface area contributed by atoms with E-state index in [0.717, 1.165) is 5.69 Å². The maximum atomic E-state index is 12.1. The third kappa shape index (κ3) is 4.93. The summed E-state index contributed by atoms with van der Waals surface area (Å²) in [5.41, 5.74) is 0.836. The highest BCUT2D eigenvalue weighted by Crippen LogP contribution is 2.35. The average Bonchev–Trinajstić information content (AvgIpc) is 3.38. The largest absolute Gasteiger partial charge is 0.492 e. The van der Waals surface area contributed by atoms with Crippen molar-refractivity contribution in [3.05, 3.63) is 53.8 Å². The van der Waals surface area contributed by atoms with Crippen LogP contribution in [-0.4, -0.2) is 46.4 Å². The Morgan fingerprint density at radius 3 is 3.03 bits per heavy atom. The molecule has 2 heterocycles. The van der Waals surface area contributed by atoms with Gasteiger partial charge in [0.25, 0.3) is 0 Å². The van der Waals surface area contributed by atoms with Crippen LogP contribution in [0.25, 0.3) is 5.69 Å². The maximum absolute atomic E-state index is 12.1. The Bertz CT molecular complexity index is 1010.